The zero-order chi connectivity index (χ0) is 75.9. The van der Waals surface area contributed by atoms with E-state index in [2.05, 4.69) is 426 Å². The fraction of sp³-hybridized carbons (Fsp3) is 0.0364. The molecule has 0 radical (unpaired) electrons. The molecule has 2 aromatic heterocycles. The smallest absolute Gasteiger partial charge is 0.160 e. The number of aromatic nitrogens is 4. The topological polar surface area (TPSA) is 51.6 Å². The minimum atomic E-state index is -0.577. The van der Waals surface area contributed by atoms with Crippen molar-refractivity contribution in [2.45, 2.75) is 24.7 Å². The lowest BCUT2D eigenvalue weighted by Crippen LogP contribution is -2.28. The fourth-order valence-corrected chi connectivity index (χ4v) is 18.2. The van der Waals surface area contributed by atoms with Gasteiger partial charge in [-0.15, -0.1) is 0 Å². The molecule has 19 aromatic rings. The highest BCUT2D eigenvalue weighted by Crippen LogP contribution is 2.59. The van der Waals surface area contributed by atoms with E-state index in [4.69, 9.17) is 19.9 Å². The van der Waals surface area contributed by atoms with Crippen LogP contribution in [0.5, 0.6) is 0 Å². The van der Waals surface area contributed by atoms with Gasteiger partial charge in [0.1, 0.15) is 0 Å². The predicted molar refractivity (Wildman–Crippen MR) is 473 cm³/mol. The highest BCUT2D eigenvalue weighted by atomic mass is 14.9. The molecule has 0 bridgehead atoms. The van der Waals surface area contributed by atoms with Gasteiger partial charge in [0.25, 0.3) is 0 Å². The number of benzene rings is 17. The molecule has 0 saturated heterocycles. The summed E-state index contributed by atoms with van der Waals surface area (Å²) in [5.74, 6) is 1.29. The standard InChI is InChI=1S/C110H74N4/c1-109(2)99-52-21-19-48-91(99)97-65-95(89-50-26-34-72-28-15-17-46-87(72)89)93(67-101(97)109)74-56-54-71(55-57-74)79-36-25-41-84(64-79)108-112-104(77-32-9-4-10-33-77)70-106(114-108)83-40-24-38-81(63-83)80-37-23-39-82(62-80)105-69-103(76-30-7-3-8-31-76)111-107(113-105)78-60-58-75(59-61-78)94-68-102-98(66-96(94)90-51-27-35-73-29-16-18-47-88(73)90)92-49-20-22-53-100(92)110(102,85-42-11-5-12-43-85)86-44-13-6-14-45-86/h3-70H,1-2H3. The van der Waals surface area contributed by atoms with E-state index < -0.39 is 5.41 Å². The molecular formula is C110H74N4. The highest BCUT2D eigenvalue weighted by molar-refractivity contribution is 6.05. The van der Waals surface area contributed by atoms with Gasteiger partial charge in [0.2, 0.25) is 0 Å². The van der Waals surface area contributed by atoms with Crippen molar-refractivity contribution in [2.24, 2.45) is 0 Å². The second-order valence-electron chi connectivity index (χ2n) is 30.7. The monoisotopic (exact) mass is 1450 g/mol. The van der Waals surface area contributed by atoms with Crippen molar-refractivity contribution in [3.63, 3.8) is 0 Å². The summed E-state index contributed by atoms with van der Waals surface area (Å²) in [6, 6.07) is 150. The van der Waals surface area contributed by atoms with Crippen molar-refractivity contribution in [3.05, 3.63) is 446 Å². The molecule has 2 aliphatic carbocycles. The summed E-state index contributed by atoms with van der Waals surface area (Å²) >= 11 is 0. The molecule has 4 nitrogen and oxygen atoms in total. The first kappa shape index (κ1) is 67.5. The molecule has 0 unspecified atom stereocenters. The Hall–Kier alpha value is -14.6. The Balaban J connectivity index is 0.626. The molecule has 0 aliphatic heterocycles. The first-order valence-corrected chi connectivity index (χ1v) is 39.3. The molecule has 2 aliphatic rings. The molecule has 534 valence electrons. The average Bonchev–Trinajstić information content (AvgIpc) is 1.53. The minimum Gasteiger partial charge on any atom is -0.228 e. The van der Waals surface area contributed by atoms with E-state index in [-0.39, 0.29) is 5.41 Å². The Labute approximate surface area is 664 Å². The summed E-state index contributed by atoms with van der Waals surface area (Å²) < 4.78 is 0. The molecule has 21 rings (SSSR count). The predicted octanol–water partition coefficient (Wildman–Crippen LogP) is 28.2. The Bertz CT molecular complexity index is 6920. The van der Waals surface area contributed by atoms with Crippen LogP contribution in [-0.2, 0) is 10.8 Å². The molecule has 0 fully saturated rings. The van der Waals surface area contributed by atoms with Gasteiger partial charge in [-0.25, -0.2) is 19.9 Å². The second-order valence-corrected chi connectivity index (χ2v) is 30.7. The largest absolute Gasteiger partial charge is 0.228 e. The van der Waals surface area contributed by atoms with E-state index in [0.717, 1.165) is 89.5 Å². The molecule has 2 heterocycles. The average molecular weight is 1450 g/mol. The van der Waals surface area contributed by atoms with Crippen LogP contribution in [0.2, 0.25) is 0 Å². The van der Waals surface area contributed by atoms with Gasteiger partial charge in [0, 0.05) is 38.8 Å². The van der Waals surface area contributed by atoms with E-state index in [1.807, 2.05) is 0 Å². The normalized spacial score (nSPS) is 12.8. The maximum absolute atomic E-state index is 5.49. The Morgan fingerprint density at radius 2 is 0.509 bits per heavy atom. The van der Waals surface area contributed by atoms with Crippen LogP contribution in [-0.4, -0.2) is 19.9 Å². The lowest BCUT2D eigenvalue weighted by atomic mass is 9.67. The van der Waals surface area contributed by atoms with Crippen molar-refractivity contribution in [2.75, 3.05) is 0 Å². The molecule has 0 N–H and O–H groups in total. The molecule has 0 spiro atoms. The number of rotatable bonds is 14. The van der Waals surface area contributed by atoms with Crippen molar-refractivity contribution in [1.82, 2.24) is 19.9 Å². The Kier molecular flexibility index (Phi) is 16.4. The van der Waals surface area contributed by atoms with Crippen molar-refractivity contribution in [1.29, 1.82) is 0 Å². The van der Waals surface area contributed by atoms with E-state index in [1.54, 1.807) is 0 Å². The Morgan fingerprint density at radius 1 is 0.175 bits per heavy atom. The summed E-state index contributed by atoms with van der Waals surface area (Å²) in [5, 5.41) is 4.88. The Morgan fingerprint density at radius 3 is 1.03 bits per heavy atom. The molecule has 17 aromatic carbocycles. The van der Waals surface area contributed by atoms with Gasteiger partial charge in [-0.05, 0) is 199 Å². The molecule has 0 amide bonds. The van der Waals surface area contributed by atoms with Gasteiger partial charge < -0.3 is 0 Å². The first-order valence-electron chi connectivity index (χ1n) is 39.3. The molecular weight excluding hydrogens is 1380 g/mol. The second kappa shape index (κ2) is 27.8. The van der Waals surface area contributed by atoms with Crippen LogP contribution in [0, 0.1) is 0 Å². The summed E-state index contributed by atoms with van der Waals surface area (Å²) in [5.41, 5.74) is 35.0. The molecule has 0 saturated carbocycles. The quantitative estimate of drug-likeness (QED) is 0.109. The van der Waals surface area contributed by atoms with Gasteiger partial charge in [-0.1, -0.05) is 372 Å². The maximum atomic E-state index is 5.49. The number of hydrogen-bond acceptors (Lipinski definition) is 4. The van der Waals surface area contributed by atoms with Crippen LogP contribution in [0.3, 0.4) is 0 Å². The SMILES string of the molecule is CC1(C)c2ccccc2-c2cc(-c3cccc4ccccc34)c(-c3ccc(-c4cccc(-c5nc(-c6ccccc6)cc(-c6cccc(-c7cccc(-c8cc(-c9ccccc9)nc(-c9ccc(-c%10cc%11c(cc%10-c%10cccc%12ccccc%10%12)-c%10ccccc%10C%11(c%10ccccc%10)c%10ccccc%10)cc9)n8)c7)c6)n5)c4)cc3)cc21. The lowest BCUT2D eigenvalue weighted by molar-refractivity contribution is 0.660. The van der Waals surface area contributed by atoms with E-state index in [0.29, 0.717) is 11.6 Å². The molecule has 0 atom stereocenters. The van der Waals surface area contributed by atoms with Gasteiger partial charge in [-0.3, -0.25) is 0 Å². The fourth-order valence-electron chi connectivity index (χ4n) is 18.2. The van der Waals surface area contributed by atoms with Gasteiger partial charge in [0.05, 0.1) is 28.2 Å². The van der Waals surface area contributed by atoms with Crippen LogP contribution in [0.25, 0.3) is 178 Å². The summed E-state index contributed by atoms with van der Waals surface area (Å²) in [7, 11) is 0. The van der Waals surface area contributed by atoms with Crippen LogP contribution in [0.15, 0.2) is 413 Å². The van der Waals surface area contributed by atoms with Gasteiger partial charge >= 0.3 is 0 Å². The number of hydrogen-bond donors (Lipinski definition) is 0. The summed E-state index contributed by atoms with van der Waals surface area (Å²) in [6.07, 6.45) is 0. The molecule has 4 heteroatoms. The highest BCUT2D eigenvalue weighted by Gasteiger charge is 2.47. The van der Waals surface area contributed by atoms with E-state index in [1.165, 1.54) is 111 Å². The minimum absolute atomic E-state index is 0.151. The molecule has 114 heavy (non-hydrogen) atoms. The van der Waals surface area contributed by atoms with Crippen LogP contribution < -0.4 is 0 Å². The lowest BCUT2D eigenvalue weighted by Gasteiger charge is -2.34. The third-order valence-electron chi connectivity index (χ3n) is 23.8. The summed E-state index contributed by atoms with van der Waals surface area (Å²) in [4.78, 5) is 21.7. The zero-order valence-electron chi connectivity index (χ0n) is 63.0. The number of fused-ring (bicyclic) bond motifs is 8. The van der Waals surface area contributed by atoms with Gasteiger partial charge in [0.15, 0.2) is 11.6 Å². The zero-order valence-corrected chi connectivity index (χ0v) is 63.0. The third kappa shape index (κ3) is 11.6. The van der Waals surface area contributed by atoms with Crippen molar-refractivity contribution in [3.8, 4) is 157 Å². The van der Waals surface area contributed by atoms with Gasteiger partial charge in [-0.2, -0.15) is 0 Å². The van der Waals surface area contributed by atoms with E-state index in [9.17, 15) is 0 Å². The summed E-state index contributed by atoms with van der Waals surface area (Å²) in [6.45, 7) is 4.73. The van der Waals surface area contributed by atoms with Crippen LogP contribution in [0.4, 0.5) is 0 Å². The van der Waals surface area contributed by atoms with Crippen LogP contribution in [0.1, 0.15) is 47.2 Å². The first-order chi connectivity index (χ1) is 56.2. The van der Waals surface area contributed by atoms with Crippen molar-refractivity contribution < 1.29 is 0 Å². The van der Waals surface area contributed by atoms with E-state index >= 15 is 0 Å². The van der Waals surface area contributed by atoms with Crippen LogP contribution >= 0.6 is 0 Å². The number of nitrogens with zero attached hydrogens (tertiary/aromatic N) is 4. The third-order valence-corrected chi connectivity index (χ3v) is 23.8. The van der Waals surface area contributed by atoms with Crippen molar-refractivity contribution >= 4 is 21.5 Å². The maximum Gasteiger partial charge on any atom is 0.160 e.